The Morgan fingerprint density at radius 2 is 1.92 bits per heavy atom. The molecular formula is C30H32FN3O3. The zero-order valence-electron chi connectivity index (χ0n) is 20.9. The summed E-state index contributed by atoms with van der Waals surface area (Å²) in [6.45, 7) is 2.91. The van der Waals surface area contributed by atoms with Crippen molar-refractivity contribution in [3.05, 3.63) is 60.0 Å². The summed E-state index contributed by atoms with van der Waals surface area (Å²) in [5, 5.41) is 4.06. The number of hydrogen-bond donors (Lipinski definition) is 1. The first-order valence-electron chi connectivity index (χ1n) is 13.6. The van der Waals surface area contributed by atoms with Crippen LogP contribution in [0.2, 0.25) is 0 Å². The fraction of sp³-hybridized carbons (Fsp3) is 0.467. The molecule has 5 atom stereocenters. The number of benzene rings is 2. The molecule has 1 saturated heterocycles. The summed E-state index contributed by atoms with van der Waals surface area (Å²) in [6.07, 6.45) is 6.83. The molecule has 0 bridgehead atoms. The van der Waals surface area contributed by atoms with E-state index in [1.165, 1.54) is 11.6 Å². The molecule has 4 aliphatic rings. The molecule has 0 spiro atoms. The van der Waals surface area contributed by atoms with E-state index < -0.39 is 0 Å². The van der Waals surface area contributed by atoms with Crippen LogP contribution in [-0.2, 0) is 9.53 Å². The Labute approximate surface area is 216 Å². The smallest absolute Gasteiger partial charge is 0.224 e. The molecule has 1 amide bonds. The van der Waals surface area contributed by atoms with E-state index in [0.717, 1.165) is 66.9 Å². The van der Waals surface area contributed by atoms with Crippen molar-refractivity contribution >= 4 is 28.2 Å². The molecular weight excluding hydrogens is 469 g/mol. The molecule has 3 fully saturated rings. The number of ether oxygens (including phenoxy) is 2. The molecule has 2 aliphatic heterocycles. The molecule has 1 N–H and O–H groups in total. The largest absolute Gasteiger partial charge is 0.489 e. The van der Waals surface area contributed by atoms with Crippen molar-refractivity contribution in [1.82, 2.24) is 4.98 Å². The standard InChI is InChI=1S/C30H32FN3O3/c31-22-1-3-27-26(14-22)25(5-6-32-27)21-12-19-9-18(10-20(19)13-21)11-30(35)33-23-2-4-28-29(15-23)37-17-24-16-36-8-7-34(24)28/h1-6,14-15,18-21,24H,7-13,16-17H2,(H,33,35)/t18-,19-,20+,21+,24?. The van der Waals surface area contributed by atoms with Crippen molar-refractivity contribution in [2.45, 2.75) is 44.1 Å². The number of pyridine rings is 1. The molecule has 1 aromatic heterocycles. The van der Waals surface area contributed by atoms with Gasteiger partial charge in [0.05, 0.1) is 30.5 Å². The Bertz CT molecular complexity index is 1330. The van der Waals surface area contributed by atoms with Crippen LogP contribution in [0.1, 0.15) is 43.6 Å². The molecule has 6 nitrogen and oxygen atoms in total. The third-order valence-corrected chi connectivity index (χ3v) is 8.98. The predicted octanol–water partition coefficient (Wildman–Crippen LogP) is 5.52. The van der Waals surface area contributed by atoms with Gasteiger partial charge in [0.15, 0.2) is 0 Å². The highest BCUT2D eigenvalue weighted by atomic mass is 19.1. The van der Waals surface area contributed by atoms with E-state index in [1.807, 2.05) is 18.3 Å². The van der Waals surface area contributed by atoms with Gasteiger partial charge in [-0.15, -0.1) is 0 Å². The molecule has 1 unspecified atom stereocenters. The summed E-state index contributed by atoms with van der Waals surface area (Å²) in [7, 11) is 0. The topological polar surface area (TPSA) is 63.7 Å². The number of nitrogens with zero attached hydrogens (tertiary/aromatic N) is 2. The lowest BCUT2D eigenvalue weighted by atomic mass is 9.89. The molecule has 7 heteroatoms. The number of rotatable bonds is 4. The number of hydrogen-bond acceptors (Lipinski definition) is 5. The molecule has 37 heavy (non-hydrogen) atoms. The summed E-state index contributed by atoms with van der Waals surface area (Å²) in [6, 6.07) is 13.2. The third kappa shape index (κ3) is 4.33. The predicted molar refractivity (Wildman–Crippen MR) is 141 cm³/mol. The second-order valence-corrected chi connectivity index (χ2v) is 11.3. The number of halogens is 1. The first kappa shape index (κ1) is 23.0. The first-order valence-corrected chi connectivity index (χ1v) is 13.6. The van der Waals surface area contributed by atoms with Gasteiger partial charge in [0.2, 0.25) is 5.91 Å². The lowest BCUT2D eigenvalue weighted by molar-refractivity contribution is -0.117. The van der Waals surface area contributed by atoms with Crippen molar-refractivity contribution in [3.8, 4) is 5.75 Å². The van der Waals surface area contributed by atoms with Crippen molar-refractivity contribution < 1.29 is 18.7 Å². The number of amides is 1. The van der Waals surface area contributed by atoms with Gasteiger partial charge in [0, 0.05) is 36.3 Å². The maximum absolute atomic E-state index is 13.9. The van der Waals surface area contributed by atoms with Crippen molar-refractivity contribution in [1.29, 1.82) is 0 Å². The minimum Gasteiger partial charge on any atom is -0.489 e. The Morgan fingerprint density at radius 3 is 2.78 bits per heavy atom. The van der Waals surface area contributed by atoms with Gasteiger partial charge in [0.1, 0.15) is 18.2 Å². The fourth-order valence-electron chi connectivity index (χ4n) is 7.37. The van der Waals surface area contributed by atoms with Crippen molar-refractivity contribution in [2.75, 3.05) is 36.6 Å². The van der Waals surface area contributed by atoms with E-state index in [9.17, 15) is 9.18 Å². The van der Waals surface area contributed by atoms with E-state index in [2.05, 4.69) is 27.3 Å². The highest BCUT2D eigenvalue weighted by Gasteiger charge is 2.42. The zero-order valence-corrected chi connectivity index (χ0v) is 20.9. The number of carbonyl (C=O) groups is 1. The summed E-state index contributed by atoms with van der Waals surface area (Å²) >= 11 is 0. The average Bonchev–Trinajstić information content (AvgIpc) is 3.46. The quantitative estimate of drug-likeness (QED) is 0.510. The Hall–Kier alpha value is -3.19. The minimum absolute atomic E-state index is 0.0807. The number of carbonyl (C=O) groups excluding carboxylic acids is 1. The number of fused-ring (bicyclic) bond motifs is 5. The molecule has 2 aliphatic carbocycles. The van der Waals surface area contributed by atoms with Gasteiger partial charge in [-0.3, -0.25) is 9.78 Å². The van der Waals surface area contributed by atoms with Crippen LogP contribution in [0.3, 0.4) is 0 Å². The van der Waals surface area contributed by atoms with Crippen LogP contribution in [0.25, 0.3) is 10.9 Å². The van der Waals surface area contributed by atoms with Crippen LogP contribution in [-0.4, -0.2) is 43.3 Å². The minimum atomic E-state index is -0.207. The van der Waals surface area contributed by atoms with Gasteiger partial charge in [-0.1, -0.05) is 0 Å². The maximum Gasteiger partial charge on any atom is 0.224 e. The van der Waals surface area contributed by atoms with Crippen LogP contribution >= 0.6 is 0 Å². The van der Waals surface area contributed by atoms with E-state index in [-0.39, 0.29) is 17.8 Å². The van der Waals surface area contributed by atoms with E-state index in [0.29, 0.717) is 43.3 Å². The summed E-state index contributed by atoms with van der Waals surface area (Å²) in [4.78, 5) is 19.7. The van der Waals surface area contributed by atoms with Gasteiger partial charge >= 0.3 is 0 Å². The van der Waals surface area contributed by atoms with Crippen LogP contribution in [0.4, 0.5) is 15.8 Å². The lowest BCUT2D eigenvalue weighted by Crippen LogP contribution is -2.51. The Morgan fingerprint density at radius 1 is 1.05 bits per heavy atom. The molecule has 192 valence electrons. The van der Waals surface area contributed by atoms with Crippen LogP contribution in [0.15, 0.2) is 48.7 Å². The van der Waals surface area contributed by atoms with Crippen LogP contribution in [0, 0.1) is 23.6 Å². The first-order chi connectivity index (χ1) is 18.1. The zero-order chi connectivity index (χ0) is 24.9. The van der Waals surface area contributed by atoms with Gasteiger partial charge in [-0.05, 0) is 91.3 Å². The van der Waals surface area contributed by atoms with Crippen LogP contribution in [0.5, 0.6) is 5.75 Å². The third-order valence-electron chi connectivity index (χ3n) is 8.98. The Balaban J connectivity index is 0.964. The Kier molecular flexibility index (Phi) is 5.76. The van der Waals surface area contributed by atoms with Gasteiger partial charge in [0.25, 0.3) is 0 Å². The summed E-state index contributed by atoms with van der Waals surface area (Å²) < 4.78 is 25.5. The van der Waals surface area contributed by atoms with Gasteiger partial charge in [-0.2, -0.15) is 0 Å². The lowest BCUT2D eigenvalue weighted by Gasteiger charge is -2.41. The molecule has 2 aromatic carbocycles. The SMILES string of the molecule is O=C(C[C@@H]1C[C@@H]2C[C@H](c3ccnc4ccc(F)cc34)C[C@@H]2C1)Nc1ccc2c(c1)OCC1COCCN21. The number of morpholine rings is 1. The number of aromatic nitrogens is 1. The molecule has 0 radical (unpaired) electrons. The normalized spacial score (nSPS) is 28.4. The summed E-state index contributed by atoms with van der Waals surface area (Å²) in [5.41, 5.74) is 3.97. The van der Waals surface area contributed by atoms with Crippen LogP contribution < -0.4 is 15.0 Å². The highest BCUT2D eigenvalue weighted by Crippen LogP contribution is 2.54. The fourth-order valence-corrected chi connectivity index (χ4v) is 7.37. The number of nitrogens with one attached hydrogen (secondary N) is 1. The second kappa shape index (κ2) is 9.28. The van der Waals surface area contributed by atoms with E-state index >= 15 is 0 Å². The number of anilines is 2. The molecule has 3 aromatic rings. The summed E-state index contributed by atoms with van der Waals surface area (Å²) in [5.74, 6) is 2.85. The van der Waals surface area contributed by atoms with Crippen molar-refractivity contribution in [2.24, 2.45) is 17.8 Å². The van der Waals surface area contributed by atoms with E-state index in [4.69, 9.17) is 9.47 Å². The van der Waals surface area contributed by atoms with Gasteiger partial charge < -0.3 is 19.7 Å². The van der Waals surface area contributed by atoms with E-state index in [1.54, 1.807) is 12.1 Å². The molecule has 7 rings (SSSR count). The highest BCUT2D eigenvalue weighted by molar-refractivity contribution is 5.91. The molecule has 2 saturated carbocycles. The van der Waals surface area contributed by atoms with Crippen molar-refractivity contribution in [3.63, 3.8) is 0 Å². The molecule has 3 heterocycles. The maximum atomic E-state index is 13.9. The van der Waals surface area contributed by atoms with Gasteiger partial charge in [-0.25, -0.2) is 4.39 Å². The monoisotopic (exact) mass is 501 g/mol. The second-order valence-electron chi connectivity index (χ2n) is 11.3. The average molecular weight is 502 g/mol.